The number of benzene rings is 1. The molecule has 2 nitrogen and oxygen atoms in total. The molecule has 1 heterocycles. The van der Waals surface area contributed by atoms with E-state index in [1.807, 2.05) is 0 Å². The molecule has 0 amide bonds. The first kappa shape index (κ1) is 14.4. The van der Waals surface area contributed by atoms with Crippen molar-refractivity contribution in [3.05, 3.63) is 29.3 Å². The maximum Gasteiger partial charge on any atom is 0.122 e. The van der Waals surface area contributed by atoms with Crippen LogP contribution in [0.2, 0.25) is 0 Å². The highest BCUT2D eigenvalue weighted by molar-refractivity contribution is 5.40. The minimum absolute atomic E-state index is 0.368. The van der Waals surface area contributed by atoms with Gasteiger partial charge in [0.15, 0.2) is 0 Å². The molecule has 0 aliphatic carbocycles. The normalized spacial score (nSPS) is 16.0. The molecule has 0 bridgehead atoms. The molecular formula is C17H27NO. The Bertz CT molecular complexity index is 425. The molecule has 0 fully saturated rings. The third-order valence-electron chi connectivity index (χ3n) is 4.31. The summed E-state index contributed by atoms with van der Waals surface area (Å²) in [5.41, 5.74) is 3.14. The largest absolute Gasteiger partial charge is 0.493 e. The smallest absolute Gasteiger partial charge is 0.122 e. The molecule has 0 saturated heterocycles. The molecule has 1 aliphatic rings. The average molecular weight is 261 g/mol. The van der Waals surface area contributed by atoms with Gasteiger partial charge in [0.2, 0.25) is 0 Å². The molecule has 2 rings (SSSR count). The maximum absolute atomic E-state index is 5.58. The monoisotopic (exact) mass is 261 g/mol. The standard InChI is InChI=1S/C17H27NO/c1-5-15(18-12-17(3,4)6-2)13-7-8-16-14(11-13)9-10-19-16/h7-8,11,15,18H,5-6,9-10,12H2,1-4H3. The molecule has 19 heavy (non-hydrogen) atoms. The quantitative estimate of drug-likeness (QED) is 0.832. The Morgan fingerprint density at radius 2 is 2.11 bits per heavy atom. The van der Waals surface area contributed by atoms with Crippen molar-refractivity contribution in [2.24, 2.45) is 5.41 Å². The van der Waals surface area contributed by atoms with Gasteiger partial charge in [0.1, 0.15) is 5.75 Å². The van der Waals surface area contributed by atoms with Crippen LogP contribution >= 0.6 is 0 Å². The van der Waals surface area contributed by atoms with Crippen LogP contribution in [0.25, 0.3) is 0 Å². The van der Waals surface area contributed by atoms with Crippen LogP contribution in [-0.4, -0.2) is 13.2 Å². The second-order valence-electron chi connectivity index (χ2n) is 6.33. The molecule has 1 aliphatic heterocycles. The van der Waals surface area contributed by atoms with E-state index >= 15 is 0 Å². The highest BCUT2D eigenvalue weighted by Gasteiger charge is 2.19. The van der Waals surface area contributed by atoms with Crippen molar-refractivity contribution in [3.63, 3.8) is 0 Å². The molecule has 106 valence electrons. The van der Waals surface area contributed by atoms with Crippen molar-refractivity contribution in [2.75, 3.05) is 13.2 Å². The van der Waals surface area contributed by atoms with E-state index < -0.39 is 0 Å². The predicted molar refractivity (Wildman–Crippen MR) is 80.7 cm³/mol. The van der Waals surface area contributed by atoms with E-state index in [-0.39, 0.29) is 0 Å². The molecule has 1 N–H and O–H groups in total. The Labute approximate surface area is 117 Å². The van der Waals surface area contributed by atoms with Gasteiger partial charge in [0, 0.05) is 19.0 Å². The minimum atomic E-state index is 0.368. The molecule has 2 heteroatoms. The molecule has 0 spiro atoms. The molecule has 1 atom stereocenters. The van der Waals surface area contributed by atoms with Crippen LogP contribution in [0.3, 0.4) is 0 Å². The van der Waals surface area contributed by atoms with Crippen LogP contribution in [0.5, 0.6) is 5.75 Å². The van der Waals surface area contributed by atoms with Gasteiger partial charge in [0.25, 0.3) is 0 Å². The van der Waals surface area contributed by atoms with Gasteiger partial charge in [-0.3, -0.25) is 0 Å². The summed E-state index contributed by atoms with van der Waals surface area (Å²) < 4.78 is 5.58. The molecule has 1 aromatic carbocycles. The van der Waals surface area contributed by atoms with E-state index in [4.69, 9.17) is 4.74 Å². The van der Waals surface area contributed by atoms with Crippen molar-refractivity contribution in [3.8, 4) is 5.75 Å². The molecule has 0 radical (unpaired) electrons. The Kier molecular flexibility index (Phi) is 4.51. The minimum Gasteiger partial charge on any atom is -0.493 e. The Morgan fingerprint density at radius 3 is 2.79 bits per heavy atom. The second-order valence-corrected chi connectivity index (χ2v) is 6.33. The first-order valence-corrected chi connectivity index (χ1v) is 7.54. The van der Waals surface area contributed by atoms with E-state index in [1.165, 1.54) is 17.5 Å². The van der Waals surface area contributed by atoms with Gasteiger partial charge in [-0.25, -0.2) is 0 Å². The van der Waals surface area contributed by atoms with E-state index in [9.17, 15) is 0 Å². The van der Waals surface area contributed by atoms with Gasteiger partial charge in [-0.1, -0.05) is 39.8 Å². The summed E-state index contributed by atoms with van der Waals surface area (Å²) in [7, 11) is 0. The first-order chi connectivity index (χ1) is 9.05. The van der Waals surface area contributed by atoms with Crippen LogP contribution < -0.4 is 10.1 Å². The molecule has 1 aromatic rings. The summed E-state index contributed by atoms with van der Waals surface area (Å²) in [6, 6.07) is 7.12. The van der Waals surface area contributed by atoms with Crippen molar-refractivity contribution < 1.29 is 4.74 Å². The van der Waals surface area contributed by atoms with Crippen LogP contribution in [0.1, 0.15) is 57.7 Å². The highest BCUT2D eigenvalue weighted by atomic mass is 16.5. The van der Waals surface area contributed by atoms with Crippen LogP contribution in [0.15, 0.2) is 18.2 Å². The molecule has 1 unspecified atom stereocenters. The van der Waals surface area contributed by atoms with Gasteiger partial charge in [-0.2, -0.15) is 0 Å². The third-order valence-corrected chi connectivity index (χ3v) is 4.31. The van der Waals surface area contributed by atoms with Gasteiger partial charge in [-0.05, 0) is 35.4 Å². The van der Waals surface area contributed by atoms with Crippen molar-refractivity contribution in [2.45, 2.75) is 53.0 Å². The third kappa shape index (κ3) is 3.50. The lowest BCUT2D eigenvalue weighted by Crippen LogP contribution is -2.31. The average Bonchev–Trinajstić information content (AvgIpc) is 2.87. The number of rotatable bonds is 6. The van der Waals surface area contributed by atoms with Gasteiger partial charge >= 0.3 is 0 Å². The maximum atomic E-state index is 5.58. The zero-order chi connectivity index (χ0) is 13.9. The van der Waals surface area contributed by atoms with E-state index in [2.05, 4.69) is 51.2 Å². The lowest BCUT2D eigenvalue weighted by Gasteiger charge is -2.27. The molecule has 0 saturated carbocycles. The van der Waals surface area contributed by atoms with Crippen molar-refractivity contribution in [1.29, 1.82) is 0 Å². The second kappa shape index (κ2) is 5.96. The number of fused-ring (bicyclic) bond motifs is 1. The summed E-state index contributed by atoms with van der Waals surface area (Å²) in [5.74, 6) is 1.08. The number of hydrogen-bond acceptors (Lipinski definition) is 2. The fraction of sp³-hybridized carbons (Fsp3) is 0.647. The molecule has 0 aromatic heterocycles. The summed E-state index contributed by atoms with van der Waals surface area (Å²) in [5, 5.41) is 3.73. The van der Waals surface area contributed by atoms with Crippen LogP contribution in [0, 0.1) is 5.41 Å². The summed E-state index contributed by atoms with van der Waals surface area (Å²) >= 11 is 0. The van der Waals surface area contributed by atoms with E-state index in [0.717, 1.165) is 31.7 Å². The number of nitrogens with one attached hydrogen (secondary N) is 1. The SMILES string of the molecule is CCC(NCC(C)(C)CC)c1ccc2c(c1)CCO2. The number of ether oxygens (including phenoxy) is 1. The fourth-order valence-corrected chi connectivity index (χ4v) is 2.45. The Hall–Kier alpha value is -1.02. The van der Waals surface area contributed by atoms with E-state index in [1.54, 1.807) is 0 Å². The summed E-state index contributed by atoms with van der Waals surface area (Å²) in [6.45, 7) is 11.1. The summed E-state index contributed by atoms with van der Waals surface area (Å²) in [6.07, 6.45) is 3.38. The summed E-state index contributed by atoms with van der Waals surface area (Å²) in [4.78, 5) is 0. The van der Waals surface area contributed by atoms with Gasteiger partial charge in [0.05, 0.1) is 6.61 Å². The van der Waals surface area contributed by atoms with E-state index in [0.29, 0.717) is 11.5 Å². The van der Waals surface area contributed by atoms with Crippen molar-refractivity contribution in [1.82, 2.24) is 5.32 Å². The number of hydrogen-bond donors (Lipinski definition) is 1. The first-order valence-electron chi connectivity index (χ1n) is 7.54. The van der Waals surface area contributed by atoms with Crippen LogP contribution in [-0.2, 0) is 6.42 Å². The predicted octanol–water partition coefficient (Wildman–Crippen LogP) is 4.10. The zero-order valence-electron chi connectivity index (χ0n) is 12.8. The Balaban J connectivity index is 2.05. The Morgan fingerprint density at radius 1 is 1.32 bits per heavy atom. The van der Waals surface area contributed by atoms with Gasteiger partial charge in [-0.15, -0.1) is 0 Å². The lowest BCUT2D eigenvalue weighted by atomic mass is 9.89. The molecular weight excluding hydrogens is 234 g/mol. The highest BCUT2D eigenvalue weighted by Crippen LogP contribution is 2.29. The topological polar surface area (TPSA) is 21.3 Å². The fourth-order valence-electron chi connectivity index (χ4n) is 2.45. The van der Waals surface area contributed by atoms with Crippen molar-refractivity contribution >= 4 is 0 Å². The van der Waals surface area contributed by atoms with Gasteiger partial charge < -0.3 is 10.1 Å². The van der Waals surface area contributed by atoms with Crippen LogP contribution in [0.4, 0.5) is 0 Å². The zero-order valence-corrected chi connectivity index (χ0v) is 12.8. The lowest BCUT2D eigenvalue weighted by molar-refractivity contribution is 0.307.